The molecule has 0 amide bonds. The third-order valence-electron chi connectivity index (χ3n) is 4.53. The highest BCUT2D eigenvalue weighted by Crippen LogP contribution is 2.19. The Bertz CT molecular complexity index is 1130. The Morgan fingerprint density at radius 2 is 1.86 bits per heavy atom. The number of para-hydroxylation sites is 1. The number of ether oxygens (including phenoxy) is 1. The third kappa shape index (κ3) is 4.44. The smallest absolute Gasteiger partial charge is 0.217 e. The van der Waals surface area contributed by atoms with Crippen LogP contribution in [0.1, 0.15) is 5.56 Å². The summed E-state index contributed by atoms with van der Waals surface area (Å²) in [4.78, 5) is 6.63. The molecule has 0 aliphatic carbocycles. The van der Waals surface area contributed by atoms with Crippen molar-refractivity contribution < 1.29 is 4.74 Å². The van der Waals surface area contributed by atoms with Crippen LogP contribution in [0.2, 0.25) is 0 Å². The van der Waals surface area contributed by atoms with E-state index in [4.69, 9.17) is 17.0 Å². The number of benzene rings is 2. The van der Waals surface area contributed by atoms with E-state index in [0.29, 0.717) is 11.4 Å². The van der Waals surface area contributed by atoms with Crippen molar-refractivity contribution in [1.82, 2.24) is 29.4 Å². The van der Waals surface area contributed by atoms with E-state index < -0.39 is 0 Å². The molecule has 2 heterocycles. The van der Waals surface area contributed by atoms with Gasteiger partial charge in [0.2, 0.25) is 4.77 Å². The molecule has 0 aliphatic heterocycles. The molecule has 0 bridgehead atoms. The average molecular weight is 407 g/mol. The first-order valence-electron chi connectivity index (χ1n) is 9.21. The first-order chi connectivity index (χ1) is 14.1. The number of hydrogen-bond donors (Lipinski definition) is 1. The molecule has 1 N–H and O–H groups in total. The van der Waals surface area contributed by atoms with E-state index in [-0.39, 0.29) is 0 Å². The number of nitrogens with zero attached hydrogens (tertiary/aromatic N) is 5. The SMILES string of the molecule is COc1ccc(-c2nc(=S)n(CN(C)Cc3cnn(-c4ccccc4)c3)[nH]2)cc1. The summed E-state index contributed by atoms with van der Waals surface area (Å²) in [5.74, 6) is 1.55. The zero-order valence-electron chi connectivity index (χ0n) is 16.3. The van der Waals surface area contributed by atoms with E-state index in [2.05, 4.69) is 20.1 Å². The van der Waals surface area contributed by atoms with Crippen LogP contribution in [-0.2, 0) is 13.2 Å². The largest absolute Gasteiger partial charge is 0.497 e. The Morgan fingerprint density at radius 1 is 1.10 bits per heavy atom. The van der Waals surface area contributed by atoms with E-state index >= 15 is 0 Å². The van der Waals surface area contributed by atoms with Crippen molar-refractivity contribution in [2.24, 2.45) is 0 Å². The van der Waals surface area contributed by atoms with Crippen molar-refractivity contribution in [2.75, 3.05) is 14.2 Å². The van der Waals surface area contributed by atoms with Crippen LogP contribution in [0.5, 0.6) is 5.75 Å². The van der Waals surface area contributed by atoms with Crippen molar-refractivity contribution in [3.05, 3.63) is 77.3 Å². The quantitative estimate of drug-likeness (QED) is 0.472. The summed E-state index contributed by atoms with van der Waals surface area (Å²) in [5, 5.41) is 7.74. The van der Waals surface area contributed by atoms with E-state index in [9.17, 15) is 0 Å². The molecule has 2 aromatic carbocycles. The lowest BCUT2D eigenvalue weighted by atomic mass is 10.2. The molecule has 0 spiro atoms. The number of aromatic nitrogens is 5. The average Bonchev–Trinajstić information content (AvgIpc) is 3.35. The Balaban J connectivity index is 1.43. The summed E-state index contributed by atoms with van der Waals surface area (Å²) < 4.78 is 9.46. The molecule has 4 aromatic rings. The molecule has 2 aromatic heterocycles. The van der Waals surface area contributed by atoms with Gasteiger partial charge in [0.1, 0.15) is 5.75 Å². The van der Waals surface area contributed by atoms with Crippen LogP contribution < -0.4 is 4.74 Å². The summed E-state index contributed by atoms with van der Waals surface area (Å²) in [5.41, 5.74) is 3.13. The van der Waals surface area contributed by atoms with E-state index in [1.807, 2.05) is 83.4 Å². The summed E-state index contributed by atoms with van der Waals surface area (Å²) in [6.07, 6.45) is 3.93. The highest BCUT2D eigenvalue weighted by atomic mass is 32.1. The maximum atomic E-state index is 5.43. The summed E-state index contributed by atoms with van der Waals surface area (Å²) >= 11 is 5.43. The van der Waals surface area contributed by atoms with Crippen molar-refractivity contribution in [3.8, 4) is 22.8 Å². The third-order valence-corrected chi connectivity index (χ3v) is 4.85. The van der Waals surface area contributed by atoms with Crippen molar-refractivity contribution in [3.63, 3.8) is 0 Å². The van der Waals surface area contributed by atoms with Gasteiger partial charge in [-0.1, -0.05) is 18.2 Å². The molecule has 0 radical (unpaired) electrons. The van der Waals surface area contributed by atoms with Crippen LogP contribution in [0.25, 0.3) is 17.1 Å². The number of hydrogen-bond acceptors (Lipinski definition) is 5. The predicted octanol–water partition coefficient (Wildman–Crippen LogP) is 3.89. The van der Waals surface area contributed by atoms with Crippen molar-refractivity contribution in [2.45, 2.75) is 13.2 Å². The Hall–Kier alpha value is -3.23. The lowest BCUT2D eigenvalue weighted by Crippen LogP contribution is -2.22. The second-order valence-electron chi connectivity index (χ2n) is 6.80. The van der Waals surface area contributed by atoms with Gasteiger partial charge in [-0.25, -0.2) is 9.36 Å². The molecular formula is C21H22N6OS. The number of methoxy groups -OCH3 is 1. The standard InChI is InChI=1S/C21H22N6OS/c1-25(13-16-12-22-26(14-16)18-6-4-3-5-7-18)15-27-21(29)23-20(24-27)17-8-10-19(28-2)11-9-17/h3-12,14H,13,15H2,1-2H3,(H,23,24,29). The van der Waals surface area contributed by atoms with Gasteiger partial charge in [0, 0.05) is 23.9 Å². The van der Waals surface area contributed by atoms with Crippen molar-refractivity contribution in [1.29, 1.82) is 0 Å². The fourth-order valence-corrected chi connectivity index (χ4v) is 3.29. The van der Waals surface area contributed by atoms with Crippen LogP contribution in [0.4, 0.5) is 0 Å². The number of rotatable bonds is 7. The maximum Gasteiger partial charge on any atom is 0.217 e. The molecule has 0 aliphatic rings. The van der Waals surface area contributed by atoms with Crippen molar-refractivity contribution >= 4 is 12.2 Å². The topological polar surface area (TPSA) is 63.9 Å². The minimum absolute atomic E-state index is 0.516. The van der Waals surface area contributed by atoms with Gasteiger partial charge in [0.25, 0.3) is 0 Å². The van der Waals surface area contributed by atoms with Gasteiger partial charge in [0.15, 0.2) is 5.82 Å². The Labute approximate surface area is 174 Å². The molecule has 0 saturated heterocycles. The molecule has 29 heavy (non-hydrogen) atoms. The van der Waals surface area contributed by atoms with Gasteiger partial charge in [0.05, 0.1) is 25.7 Å². The molecule has 7 nitrogen and oxygen atoms in total. The van der Waals surface area contributed by atoms with Crippen LogP contribution in [0.15, 0.2) is 67.0 Å². The maximum absolute atomic E-state index is 5.43. The second-order valence-corrected chi connectivity index (χ2v) is 7.16. The summed E-state index contributed by atoms with van der Waals surface area (Å²) in [6, 6.07) is 17.8. The van der Waals surface area contributed by atoms with Crippen LogP contribution >= 0.6 is 12.2 Å². The van der Waals surface area contributed by atoms with Gasteiger partial charge in [-0.3, -0.25) is 10.00 Å². The van der Waals surface area contributed by atoms with E-state index in [1.165, 1.54) is 0 Å². The second kappa shape index (κ2) is 8.42. The lowest BCUT2D eigenvalue weighted by Gasteiger charge is -2.15. The monoisotopic (exact) mass is 406 g/mol. The molecular weight excluding hydrogens is 384 g/mol. The highest BCUT2D eigenvalue weighted by Gasteiger charge is 2.09. The normalized spacial score (nSPS) is 11.1. The van der Waals surface area contributed by atoms with Gasteiger partial charge >= 0.3 is 0 Å². The zero-order chi connectivity index (χ0) is 20.2. The minimum Gasteiger partial charge on any atom is -0.497 e. The van der Waals surface area contributed by atoms with E-state index in [0.717, 1.165) is 34.9 Å². The Kier molecular flexibility index (Phi) is 5.55. The molecule has 0 saturated carbocycles. The fraction of sp³-hybridized carbons (Fsp3) is 0.190. The van der Waals surface area contributed by atoms with Gasteiger partial charge < -0.3 is 4.74 Å². The van der Waals surface area contributed by atoms with Gasteiger partial charge in [-0.05, 0) is 55.7 Å². The molecule has 0 atom stereocenters. The lowest BCUT2D eigenvalue weighted by molar-refractivity contribution is 0.244. The van der Waals surface area contributed by atoms with Gasteiger partial charge in [-0.2, -0.15) is 10.1 Å². The van der Waals surface area contributed by atoms with Crippen LogP contribution in [0, 0.1) is 4.77 Å². The molecule has 4 rings (SSSR count). The molecule has 0 fully saturated rings. The summed E-state index contributed by atoms with van der Waals surface area (Å²) in [6.45, 7) is 1.34. The number of H-pyrrole nitrogens is 1. The van der Waals surface area contributed by atoms with Crippen LogP contribution in [0.3, 0.4) is 0 Å². The highest BCUT2D eigenvalue weighted by molar-refractivity contribution is 7.71. The van der Waals surface area contributed by atoms with Crippen LogP contribution in [-0.4, -0.2) is 43.6 Å². The minimum atomic E-state index is 0.516. The first-order valence-corrected chi connectivity index (χ1v) is 9.62. The summed E-state index contributed by atoms with van der Waals surface area (Å²) in [7, 11) is 3.69. The zero-order valence-corrected chi connectivity index (χ0v) is 17.1. The predicted molar refractivity (Wildman–Crippen MR) is 114 cm³/mol. The number of aromatic amines is 1. The van der Waals surface area contributed by atoms with Gasteiger partial charge in [-0.15, -0.1) is 0 Å². The molecule has 8 heteroatoms. The Morgan fingerprint density at radius 3 is 2.59 bits per heavy atom. The molecule has 0 unspecified atom stereocenters. The molecule has 148 valence electrons. The number of nitrogens with one attached hydrogen (secondary N) is 1. The fourth-order valence-electron chi connectivity index (χ4n) is 3.10. The first kappa shape index (κ1) is 19.1. The van der Waals surface area contributed by atoms with E-state index in [1.54, 1.807) is 7.11 Å².